The zero-order valence-electron chi connectivity index (χ0n) is 18.1. The van der Waals surface area contributed by atoms with Crippen molar-refractivity contribution >= 4 is 49.9 Å². The molecule has 3 aromatic rings. The van der Waals surface area contributed by atoms with Crippen molar-refractivity contribution in [2.75, 3.05) is 18.2 Å². The van der Waals surface area contributed by atoms with Gasteiger partial charge in [-0.25, -0.2) is 8.42 Å². The maximum Gasteiger partial charge on any atom is 0.268 e. The molecule has 0 bridgehead atoms. The van der Waals surface area contributed by atoms with Crippen LogP contribution in [-0.2, 0) is 21.2 Å². The van der Waals surface area contributed by atoms with Crippen LogP contribution in [0, 0.1) is 11.3 Å². The third-order valence-electron chi connectivity index (χ3n) is 4.48. The van der Waals surface area contributed by atoms with E-state index in [9.17, 15) is 18.5 Å². The summed E-state index contributed by atoms with van der Waals surface area (Å²) in [6, 6.07) is 14.1. The van der Waals surface area contributed by atoms with Gasteiger partial charge in [0.15, 0.2) is 11.5 Å². The Labute approximate surface area is 205 Å². The van der Waals surface area contributed by atoms with Gasteiger partial charge in [-0.2, -0.15) is 5.26 Å². The van der Waals surface area contributed by atoms with Crippen molar-refractivity contribution in [3.05, 3.63) is 64.2 Å². The van der Waals surface area contributed by atoms with Crippen molar-refractivity contribution in [3.8, 4) is 17.6 Å². The van der Waals surface area contributed by atoms with Crippen molar-refractivity contribution in [1.82, 2.24) is 10.2 Å². The number of hydrogen-bond donors (Lipinski definition) is 1. The van der Waals surface area contributed by atoms with E-state index in [1.807, 2.05) is 24.3 Å². The van der Waals surface area contributed by atoms with Crippen molar-refractivity contribution < 1.29 is 22.7 Å². The van der Waals surface area contributed by atoms with Gasteiger partial charge in [0.1, 0.15) is 18.2 Å². The highest BCUT2D eigenvalue weighted by Crippen LogP contribution is 2.30. The quantitative estimate of drug-likeness (QED) is 0.254. The van der Waals surface area contributed by atoms with Crippen molar-refractivity contribution in [1.29, 1.82) is 5.26 Å². The van der Waals surface area contributed by atoms with Crippen LogP contribution in [0.3, 0.4) is 0 Å². The summed E-state index contributed by atoms with van der Waals surface area (Å²) < 4.78 is 34.7. The summed E-state index contributed by atoms with van der Waals surface area (Å²) in [6.45, 7) is 1.71. The van der Waals surface area contributed by atoms with Gasteiger partial charge in [-0.15, -0.1) is 10.2 Å². The Morgan fingerprint density at radius 2 is 2.00 bits per heavy atom. The van der Waals surface area contributed by atoms with Crippen molar-refractivity contribution in [3.63, 3.8) is 0 Å². The molecule has 0 atom stereocenters. The van der Waals surface area contributed by atoms with Crippen LogP contribution >= 0.6 is 22.9 Å². The number of methoxy groups -OCH3 is 1. The van der Waals surface area contributed by atoms with Crippen LogP contribution in [0.4, 0.5) is 5.13 Å². The molecule has 176 valence electrons. The Hall–Kier alpha value is -3.46. The number of hydrogen-bond acceptors (Lipinski definition) is 9. The predicted octanol–water partition coefficient (Wildman–Crippen LogP) is 4.12. The van der Waals surface area contributed by atoms with Crippen LogP contribution in [-0.4, -0.2) is 37.4 Å². The second-order valence-electron chi connectivity index (χ2n) is 6.69. The fourth-order valence-corrected chi connectivity index (χ4v) is 4.83. The van der Waals surface area contributed by atoms with Crippen LogP contribution in [0.1, 0.15) is 18.1 Å². The fraction of sp³-hybridized carbons (Fsp3) is 0.182. The lowest BCUT2D eigenvalue weighted by atomic mass is 10.1. The first-order valence-corrected chi connectivity index (χ1v) is 12.7. The Bertz CT molecular complexity index is 1380. The van der Waals surface area contributed by atoms with E-state index in [2.05, 4.69) is 15.5 Å². The van der Waals surface area contributed by atoms with Gasteiger partial charge in [0.25, 0.3) is 5.91 Å². The smallest absolute Gasteiger partial charge is 0.268 e. The topological polar surface area (TPSA) is 131 Å². The lowest BCUT2D eigenvalue weighted by Crippen LogP contribution is -2.13. The first-order chi connectivity index (χ1) is 16.3. The van der Waals surface area contributed by atoms with Crippen molar-refractivity contribution in [2.45, 2.75) is 17.9 Å². The molecule has 1 amide bonds. The molecule has 3 rings (SSSR count). The number of amides is 1. The molecule has 2 aromatic carbocycles. The van der Waals surface area contributed by atoms with Crippen LogP contribution < -0.4 is 14.8 Å². The monoisotopic (exact) mass is 518 g/mol. The molecular formula is C22H19ClN4O5S2. The fourth-order valence-electron chi connectivity index (χ4n) is 2.65. The average molecular weight is 519 g/mol. The lowest BCUT2D eigenvalue weighted by molar-refractivity contribution is -0.112. The summed E-state index contributed by atoms with van der Waals surface area (Å²) in [6.07, 6.45) is 1.36. The summed E-state index contributed by atoms with van der Waals surface area (Å²) >= 11 is 6.87. The van der Waals surface area contributed by atoms with Gasteiger partial charge in [-0.05, 0) is 29.8 Å². The number of aromatic nitrogens is 2. The molecule has 0 unspecified atom stereocenters. The number of sulfone groups is 1. The van der Waals surface area contributed by atoms with Gasteiger partial charge in [-0.3, -0.25) is 10.1 Å². The molecule has 0 aliphatic rings. The van der Waals surface area contributed by atoms with Crippen LogP contribution in [0.15, 0.2) is 52.4 Å². The second-order valence-corrected chi connectivity index (χ2v) is 10.5. The highest BCUT2D eigenvalue weighted by Gasteiger charge is 2.20. The molecule has 0 saturated carbocycles. The molecular weight excluding hydrogens is 500 g/mol. The number of carbonyl (C=O) groups excluding carboxylic acids is 1. The molecule has 1 heterocycles. The number of halogens is 1. The SMILES string of the molecule is CCS(=O)(=O)c1nnc(NC(=O)/C(C#N)=C\c2ccc(OCc3ccccc3Cl)c(OC)c2)s1. The number of ether oxygens (including phenoxy) is 2. The molecule has 0 saturated heterocycles. The Morgan fingerprint density at radius 3 is 2.68 bits per heavy atom. The number of rotatable bonds is 9. The Morgan fingerprint density at radius 1 is 1.24 bits per heavy atom. The van der Waals surface area contributed by atoms with E-state index in [-0.39, 0.29) is 27.4 Å². The van der Waals surface area contributed by atoms with E-state index in [4.69, 9.17) is 21.1 Å². The van der Waals surface area contributed by atoms with E-state index in [1.165, 1.54) is 20.1 Å². The second kappa shape index (κ2) is 11.1. The molecule has 0 aliphatic heterocycles. The van der Waals surface area contributed by atoms with Crippen LogP contribution in [0.5, 0.6) is 11.5 Å². The van der Waals surface area contributed by atoms with Gasteiger partial charge in [0, 0.05) is 10.6 Å². The van der Waals surface area contributed by atoms with E-state index >= 15 is 0 Å². The van der Waals surface area contributed by atoms with E-state index < -0.39 is 15.7 Å². The molecule has 1 aromatic heterocycles. The van der Waals surface area contributed by atoms with Gasteiger partial charge >= 0.3 is 0 Å². The molecule has 1 N–H and O–H groups in total. The molecule has 34 heavy (non-hydrogen) atoms. The molecule has 0 fully saturated rings. The lowest BCUT2D eigenvalue weighted by Gasteiger charge is -2.12. The maximum absolute atomic E-state index is 12.5. The number of nitriles is 1. The molecule has 0 spiro atoms. The summed E-state index contributed by atoms with van der Waals surface area (Å²) in [7, 11) is -2.07. The summed E-state index contributed by atoms with van der Waals surface area (Å²) in [5.74, 6) is -0.0334. The maximum atomic E-state index is 12.5. The normalized spacial score (nSPS) is 11.5. The minimum atomic E-state index is -3.54. The summed E-state index contributed by atoms with van der Waals surface area (Å²) in [5.41, 5.74) is 1.10. The zero-order chi connectivity index (χ0) is 24.7. The van der Waals surface area contributed by atoms with E-state index in [1.54, 1.807) is 24.3 Å². The van der Waals surface area contributed by atoms with Crippen LogP contribution in [0.2, 0.25) is 5.02 Å². The predicted molar refractivity (Wildman–Crippen MR) is 129 cm³/mol. The standard InChI is InChI=1S/C22H19ClN4O5S2/c1-3-34(29,30)22-27-26-21(33-22)25-20(28)16(12-24)10-14-8-9-18(19(11-14)31-2)32-13-15-6-4-5-7-17(15)23/h4-11H,3,13H2,1-2H3,(H,25,26,28)/b16-10-. The number of carbonyl (C=O) groups is 1. The zero-order valence-corrected chi connectivity index (χ0v) is 20.5. The van der Waals surface area contributed by atoms with Gasteiger partial charge in [-0.1, -0.05) is 54.1 Å². The van der Waals surface area contributed by atoms with Gasteiger partial charge in [0.05, 0.1) is 12.9 Å². The highest BCUT2D eigenvalue weighted by atomic mass is 35.5. The van der Waals surface area contributed by atoms with Crippen molar-refractivity contribution in [2.24, 2.45) is 0 Å². The Kier molecular flexibility index (Phi) is 8.22. The van der Waals surface area contributed by atoms with E-state index in [0.29, 0.717) is 33.4 Å². The number of anilines is 1. The molecule has 9 nitrogen and oxygen atoms in total. The minimum absolute atomic E-state index is 0.0286. The largest absolute Gasteiger partial charge is 0.493 e. The molecule has 0 radical (unpaired) electrons. The Balaban J connectivity index is 1.75. The number of nitrogens with zero attached hydrogens (tertiary/aromatic N) is 3. The van der Waals surface area contributed by atoms with Gasteiger partial charge in [0.2, 0.25) is 19.3 Å². The van der Waals surface area contributed by atoms with E-state index in [0.717, 1.165) is 5.56 Å². The van der Waals surface area contributed by atoms with Crippen LogP contribution in [0.25, 0.3) is 6.08 Å². The third-order valence-corrected chi connectivity index (χ3v) is 7.87. The first kappa shape index (κ1) is 25.2. The summed E-state index contributed by atoms with van der Waals surface area (Å²) in [5, 5.41) is 19.6. The third kappa shape index (κ3) is 6.11. The minimum Gasteiger partial charge on any atom is -0.493 e. The summed E-state index contributed by atoms with van der Waals surface area (Å²) in [4.78, 5) is 12.5. The first-order valence-electron chi connectivity index (χ1n) is 9.81. The molecule has 12 heteroatoms. The number of nitrogens with one attached hydrogen (secondary N) is 1. The molecule has 0 aliphatic carbocycles. The average Bonchev–Trinajstić information content (AvgIpc) is 3.31. The number of benzene rings is 2. The highest BCUT2D eigenvalue weighted by molar-refractivity contribution is 7.93. The van der Waals surface area contributed by atoms with Gasteiger partial charge < -0.3 is 9.47 Å².